The average molecular weight is 347 g/mol. The second-order valence-corrected chi connectivity index (χ2v) is 8.47. The molecule has 0 spiro atoms. The van der Waals surface area contributed by atoms with E-state index in [-0.39, 0.29) is 6.54 Å². The molecule has 0 fully saturated rings. The van der Waals surface area contributed by atoms with E-state index >= 15 is 0 Å². The Kier molecular flexibility index (Phi) is 3.85. The number of aryl methyl sites for hydroxylation is 2. The largest absolute Gasteiger partial charge is 0.493 e. The van der Waals surface area contributed by atoms with Crippen LogP contribution in [0.1, 0.15) is 29.9 Å². The second-order valence-electron chi connectivity index (χ2n) is 6.43. The molecule has 0 radical (unpaired) electrons. The zero-order valence-corrected chi connectivity index (χ0v) is 14.6. The summed E-state index contributed by atoms with van der Waals surface area (Å²) in [6.45, 7) is 1.88. The Morgan fingerprint density at radius 3 is 3.00 bits per heavy atom. The summed E-state index contributed by atoms with van der Waals surface area (Å²) in [5, 5.41) is 0. The molecule has 24 heavy (non-hydrogen) atoms. The number of aromatic nitrogens is 2. The molecule has 4 rings (SSSR count). The lowest BCUT2D eigenvalue weighted by Crippen LogP contribution is -2.26. The Bertz CT molecular complexity index is 850. The molecule has 2 aliphatic heterocycles. The Labute approximate surface area is 142 Å². The van der Waals surface area contributed by atoms with Crippen LogP contribution in [0.3, 0.4) is 0 Å². The number of benzene rings is 1. The molecule has 3 heterocycles. The average Bonchev–Trinajstić information content (AvgIpc) is 3.19. The Balaban J connectivity index is 1.56. The van der Waals surface area contributed by atoms with Crippen molar-refractivity contribution in [3.63, 3.8) is 0 Å². The highest BCUT2D eigenvalue weighted by atomic mass is 32.2. The number of ether oxygens (including phenoxy) is 1. The van der Waals surface area contributed by atoms with Gasteiger partial charge in [0.25, 0.3) is 0 Å². The third-order valence-electron chi connectivity index (χ3n) is 4.71. The van der Waals surface area contributed by atoms with Gasteiger partial charge in [0.05, 0.1) is 23.7 Å². The van der Waals surface area contributed by atoms with E-state index in [1.54, 1.807) is 25.2 Å². The predicted octanol–water partition coefficient (Wildman–Crippen LogP) is 1.98. The molecule has 1 aromatic carbocycles. The van der Waals surface area contributed by atoms with Crippen molar-refractivity contribution < 1.29 is 13.2 Å². The number of nitrogens with zero attached hydrogens (tertiary/aromatic N) is 3. The summed E-state index contributed by atoms with van der Waals surface area (Å²) in [7, 11) is -1.92. The van der Waals surface area contributed by atoms with Crippen LogP contribution in [0, 0.1) is 0 Å². The minimum absolute atomic E-state index is 0.288. The van der Waals surface area contributed by atoms with Crippen LogP contribution in [0.2, 0.25) is 0 Å². The first-order valence-corrected chi connectivity index (χ1v) is 9.75. The van der Waals surface area contributed by atoms with E-state index in [9.17, 15) is 8.42 Å². The van der Waals surface area contributed by atoms with Crippen molar-refractivity contribution in [2.45, 2.75) is 43.7 Å². The van der Waals surface area contributed by atoms with Gasteiger partial charge in [-0.3, -0.25) is 0 Å². The van der Waals surface area contributed by atoms with Crippen molar-refractivity contribution in [2.24, 2.45) is 0 Å². The normalized spacial score (nSPS) is 16.8. The van der Waals surface area contributed by atoms with E-state index in [1.807, 2.05) is 6.20 Å². The molecule has 0 N–H and O–H groups in total. The maximum atomic E-state index is 12.8. The van der Waals surface area contributed by atoms with Crippen LogP contribution in [0.4, 0.5) is 0 Å². The summed E-state index contributed by atoms with van der Waals surface area (Å²) in [6, 6.07) is 5.10. The zero-order valence-electron chi connectivity index (χ0n) is 13.7. The van der Waals surface area contributed by atoms with Gasteiger partial charge in [-0.2, -0.15) is 4.31 Å². The first kappa shape index (κ1) is 15.7. The summed E-state index contributed by atoms with van der Waals surface area (Å²) in [4.78, 5) is 4.91. The highest BCUT2D eigenvalue weighted by molar-refractivity contribution is 7.89. The van der Waals surface area contributed by atoms with Crippen LogP contribution in [0.15, 0.2) is 29.3 Å². The first-order chi connectivity index (χ1) is 11.5. The molecule has 7 heteroatoms. The van der Waals surface area contributed by atoms with Crippen molar-refractivity contribution in [1.29, 1.82) is 0 Å². The van der Waals surface area contributed by atoms with Gasteiger partial charge in [0.2, 0.25) is 10.0 Å². The van der Waals surface area contributed by atoms with Crippen molar-refractivity contribution >= 4 is 10.0 Å². The number of hydrogen-bond donors (Lipinski definition) is 0. The van der Waals surface area contributed by atoms with Crippen LogP contribution in [0.5, 0.6) is 5.75 Å². The monoisotopic (exact) mass is 347 g/mol. The fourth-order valence-corrected chi connectivity index (χ4v) is 4.56. The molecular formula is C17H21N3O3S. The number of hydrogen-bond acceptors (Lipinski definition) is 4. The third-order valence-corrected chi connectivity index (χ3v) is 6.51. The topological polar surface area (TPSA) is 64.4 Å². The highest BCUT2D eigenvalue weighted by Crippen LogP contribution is 2.29. The quantitative estimate of drug-likeness (QED) is 0.848. The molecule has 0 bridgehead atoms. The maximum absolute atomic E-state index is 12.8. The van der Waals surface area contributed by atoms with Crippen LogP contribution < -0.4 is 4.74 Å². The summed E-state index contributed by atoms with van der Waals surface area (Å²) < 4.78 is 34.6. The smallest absolute Gasteiger partial charge is 0.243 e. The number of fused-ring (bicyclic) bond motifs is 2. The Morgan fingerprint density at radius 2 is 2.17 bits per heavy atom. The zero-order chi connectivity index (χ0) is 16.7. The molecule has 0 saturated carbocycles. The molecule has 0 atom stereocenters. The molecule has 0 amide bonds. The maximum Gasteiger partial charge on any atom is 0.243 e. The van der Waals surface area contributed by atoms with E-state index in [1.165, 1.54) is 4.31 Å². The number of sulfonamides is 1. The van der Waals surface area contributed by atoms with E-state index in [0.29, 0.717) is 11.5 Å². The molecule has 6 nitrogen and oxygen atoms in total. The fourth-order valence-electron chi connectivity index (χ4n) is 3.36. The summed E-state index contributed by atoms with van der Waals surface area (Å²) >= 11 is 0. The molecule has 0 saturated heterocycles. The fraction of sp³-hybridized carbons (Fsp3) is 0.471. The van der Waals surface area contributed by atoms with Crippen LogP contribution in [-0.4, -0.2) is 35.9 Å². The van der Waals surface area contributed by atoms with Crippen LogP contribution in [0.25, 0.3) is 0 Å². The molecule has 0 aliphatic carbocycles. The standard InChI is InChI=1S/C17H21N3O3S/c1-19(11-14-12-20-8-3-2-4-17(20)18-14)24(21,22)15-5-6-16-13(10-15)7-9-23-16/h5-6,10,12H,2-4,7-9,11H2,1H3. The highest BCUT2D eigenvalue weighted by Gasteiger charge is 2.25. The van der Waals surface area contributed by atoms with Gasteiger partial charge in [0.1, 0.15) is 11.6 Å². The molecular weight excluding hydrogens is 326 g/mol. The van der Waals surface area contributed by atoms with E-state index in [2.05, 4.69) is 9.55 Å². The third kappa shape index (κ3) is 2.71. The number of imidazole rings is 1. The van der Waals surface area contributed by atoms with Gasteiger partial charge in [-0.05, 0) is 36.6 Å². The second kappa shape index (κ2) is 5.89. The minimum atomic E-state index is -3.53. The van der Waals surface area contributed by atoms with Gasteiger partial charge in [0.15, 0.2) is 0 Å². The number of rotatable bonds is 4. The van der Waals surface area contributed by atoms with Crippen molar-refractivity contribution in [2.75, 3.05) is 13.7 Å². The lowest BCUT2D eigenvalue weighted by molar-refractivity contribution is 0.356. The lowest BCUT2D eigenvalue weighted by atomic mass is 10.2. The van der Waals surface area contributed by atoms with Gasteiger partial charge in [-0.1, -0.05) is 0 Å². The SMILES string of the molecule is CN(Cc1cn2c(n1)CCCC2)S(=O)(=O)c1ccc2c(c1)CCO2. The summed E-state index contributed by atoms with van der Waals surface area (Å²) in [6.07, 6.45) is 6.03. The van der Waals surface area contributed by atoms with Crippen LogP contribution >= 0.6 is 0 Å². The van der Waals surface area contributed by atoms with E-state index in [0.717, 1.165) is 55.1 Å². The van der Waals surface area contributed by atoms with Crippen LogP contribution in [-0.2, 0) is 36.0 Å². The molecule has 0 unspecified atom stereocenters. The lowest BCUT2D eigenvalue weighted by Gasteiger charge is -2.16. The van der Waals surface area contributed by atoms with Crippen molar-refractivity contribution in [3.8, 4) is 5.75 Å². The molecule has 2 aliphatic rings. The summed E-state index contributed by atoms with van der Waals surface area (Å²) in [5.41, 5.74) is 1.77. The van der Waals surface area contributed by atoms with E-state index < -0.39 is 10.0 Å². The van der Waals surface area contributed by atoms with Crippen molar-refractivity contribution in [3.05, 3.63) is 41.5 Å². The Morgan fingerprint density at radius 1 is 1.29 bits per heavy atom. The first-order valence-electron chi connectivity index (χ1n) is 8.31. The van der Waals surface area contributed by atoms with Gasteiger partial charge >= 0.3 is 0 Å². The molecule has 2 aromatic rings. The van der Waals surface area contributed by atoms with Gasteiger partial charge in [-0.15, -0.1) is 0 Å². The molecule has 1 aromatic heterocycles. The van der Waals surface area contributed by atoms with Crippen molar-refractivity contribution in [1.82, 2.24) is 13.9 Å². The van der Waals surface area contributed by atoms with Gasteiger partial charge in [0, 0.05) is 32.6 Å². The summed E-state index contributed by atoms with van der Waals surface area (Å²) in [5.74, 6) is 1.86. The Hall–Kier alpha value is -1.86. The van der Waals surface area contributed by atoms with Gasteiger partial charge in [-0.25, -0.2) is 13.4 Å². The predicted molar refractivity (Wildman–Crippen MR) is 89.5 cm³/mol. The van der Waals surface area contributed by atoms with Gasteiger partial charge < -0.3 is 9.30 Å². The molecule has 128 valence electrons. The minimum Gasteiger partial charge on any atom is -0.493 e. The van der Waals surface area contributed by atoms with E-state index in [4.69, 9.17) is 4.74 Å².